The van der Waals surface area contributed by atoms with Crippen molar-refractivity contribution in [1.29, 1.82) is 0 Å². The van der Waals surface area contributed by atoms with Crippen molar-refractivity contribution >= 4 is 43.7 Å². The van der Waals surface area contributed by atoms with Crippen molar-refractivity contribution in [3.05, 3.63) is 78.0 Å². The van der Waals surface area contributed by atoms with Crippen LogP contribution in [0.15, 0.2) is 66.7 Å². The number of aromatic nitrogens is 1. The maximum absolute atomic E-state index is 11.2. The van der Waals surface area contributed by atoms with E-state index in [1.807, 2.05) is 42.5 Å². The topological polar surface area (TPSA) is 60.7 Å². The first-order valence-electron chi connectivity index (χ1n) is 9.86. The summed E-state index contributed by atoms with van der Waals surface area (Å²) < 4.78 is 13.4. The number of carboxylic acid groups (broad SMARTS) is 1. The SMILES string of the molecule is CCO[C@@H](Cc1ccc(OCCn2c(C)ccc2-c2ccccc2)cc1)C(=O)O.[Ca]. The zero-order chi connectivity index (χ0) is 20.6. The molecule has 0 bridgehead atoms. The van der Waals surface area contributed by atoms with Crippen molar-refractivity contribution in [3.63, 3.8) is 0 Å². The number of ether oxygens (including phenoxy) is 2. The van der Waals surface area contributed by atoms with Crippen LogP contribution in [0.3, 0.4) is 0 Å². The molecule has 3 rings (SSSR count). The van der Waals surface area contributed by atoms with Gasteiger partial charge in [0, 0.05) is 62.2 Å². The first-order chi connectivity index (χ1) is 14.1. The molecule has 30 heavy (non-hydrogen) atoms. The summed E-state index contributed by atoms with van der Waals surface area (Å²) in [5, 5.41) is 9.20. The van der Waals surface area contributed by atoms with Crippen molar-refractivity contribution < 1.29 is 19.4 Å². The van der Waals surface area contributed by atoms with Crippen molar-refractivity contribution in [2.45, 2.75) is 32.9 Å². The Balaban J connectivity index is 0.00000320. The summed E-state index contributed by atoms with van der Waals surface area (Å²) in [5.74, 6) is -0.174. The molecular weight excluding hydrogens is 406 g/mol. The third-order valence-corrected chi connectivity index (χ3v) is 4.84. The second-order valence-corrected chi connectivity index (χ2v) is 6.86. The molecule has 0 saturated carbocycles. The van der Waals surface area contributed by atoms with Gasteiger partial charge in [0.2, 0.25) is 0 Å². The zero-order valence-electron chi connectivity index (χ0n) is 17.6. The molecule has 0 aliphatic rings. The van der Waals surface area contributed by atoms with Crippen LogP contribution in [-0.2, 0) is 22.5 Å². The van der Waals surface area contributed by atoms with E-state index in [1.54, 1.807) is 6.92 Å². The summed E-state index contributed by atoms with van der Waals surface area (Å²) in [6.07, 6.45) is -0.480. The summed E-state index contributed by atoms with van der Waals surface area (Å²) in [6.45, 7) is 5.56. The number of rotatable bonds is 10. The van der Waals surface area contributed by atoms with Crippen LogP contribution >= 0.6 is 0 Å². The maximum atomic E-state index is 11.2. The molecule has 0 spiro atoms. The molecule has 1 N–H and O–H groups in total. The smallest absolute Gasteiger partial charge is 0.333 e. The molecule has 6 heteroatoms. The molecule has 2 radical (unpaired) electrons. The maximum Gasteiger partial charge on any atom is 0.333 e. The number of nitrogens with zero attached hydrogens (tertiary/aromatic N) is 1. The monoisotopic (exact) mass is 433 g/mol. The molecule has 1 heterocycles. The minimum atomic E-state index is -0.941. The first kappa shape index (κ1) is 24.5. The van der Waals surface area contributed by atoms with E-state index >= 15 is 0 Å². The Bertz CT molecular complexity index is 922. The van der Waals surface area contributed by atoms with E-state index < -0.39 is 12.1 Å². The van der Waals surface area contributed by atoms with Gasteiger partial charge in [-0.25, -0.2) is 4.79 Å². The minimum Gasteiger partial charge on any atom is -0.492 e. The molecule has 0 amide bonds. The van der Waals surface area contributed by atoms with Gasteiger partial charge >= 0.3 is 5.97 Å². The largest absolute Gasteiger partial charge is 0.492 e. The van der Waals surface area contributed by atoms with Gasteiger partial charge in [-0.1, -0.05) is 42.5 Å². The van der Waals surface area contributed by atoms with Crippen LogP contribution in [0.25, 0.3) is 11.3 Å². The van der Waals surface area contributed by atoms with Gasteiger partial charge in [0.25, 0.3) is 0 Å². The predicted octanol–water partition coefficient (Wildman–Crippen LogP) is 4.19. The van der Waals surface area contributed by atoms with Gasteiger partial charge in [-0.2, -0.15) is 0 Å². The zero-order valence-corrected chi connectivity index (χ0v) is 19.8. The Morgan fingerprint density at radius 2 is 1.73 bits per heavy atom. The molecule has 3 aromatic rings. The van der Waals surface area contributed by atoms with E-state index in [1.165, 1.54) is 17.0 Å². The number of hydrogen-bond donors (Lipinski definition) is 1. The number of benzene rings is 2. The van der Waals surface area contributed by atoms with Crippen LogP contribution in [0.1, 0.15) is 18.2 Å². The first-order valence-corrected chi connectivity index (χ1v) is 9.86. The summed E-state index contributed by atoms with van der Waals surface area (Å²) >= 11 is 0. The van der Waals surface area contributed by atoms with E-state index in [2.05, 4.69) is 35.8 Å². The second-order valence-electron chi connectivity index (χ2n) is 6.86. The predicted molar refractivity (Wildman–Crippen MR) is 119 cm³/mol. The van der Waals surface area contributed by atoms with E-state index in [0.717, 1.165) is 17.9 Å². The third kappa shape index (κ3) is 6.61. The Morgan fingerprint density at radius 1 is 1.03 bits per heavy atom. The normalized spacial score (nSPS) is 11.5. The molecule has 0 unspecified atom stereocenters. The van der Waals surface area contributed by atoms with Crippen LogP contribution < -0.4 is 4.74 Å². The van der Waals surface area contributed by atoms with E-state index in [9.17, 15) is 9.90 Å². The molecular formula is C24H27CaNO4. The fourth-order valence-electron chi connectivity index (χ4n) is 3.34. The van der Waals surface area contributed by atoms with Gasteiger partial charge in [0.15, 0.2) is 6.10 Å². The van der Waals surface area contributed by atoms with Gasteiger partial charge in [-0.15, -0.1) is 0 Å². The Labute approximate surface area is 207 Å². The molecule has 0 aliphatic heterocycles. The van der Waals surface area contributed by atoms with Crippen LogP contribution in [-0.4, -0.2) is 72.7 Å². The summed E-state index contributed by atoms with van der Waals surface area (Å²) in [5.41, 5.74) is 4.47. The number of carbonyl (C=O) groups is 1. The van der Waals surface area contributed by atoms with E-state index in [-0.39, 0.29) is 37.7 Å². The van der Waals surface area contributed by atoms with Gasteiger partial charge in [-0.05, 0) is 49.2 Å². The molecule has 0 saturated heterocycles. The van der Waals surface area contributed by atoms with Crippen LogP contribution in [0.4, 0.5) is 0 Å². The quantitative estimate of drug-likeness (QED) is 0.487. The average Bonchev–Trinajstić information content (AvgIpc) is 3.10. The molecule has 1 aromatic heterocycles. The molecule has 0 aliphatic carbocycles. The minimum absolute atomic E-state index is 0. The van der Waals surface area contributed by atoms with Gasteiger partial charge in [0.05, 0.1) is 6.54 Å². The van der Waals surface area contributed by atoms with E-state index in [0.29, 0.717) is 19.6 Å². The van der Waals surface area contributed by atoms with Crippen molar-refractivity contribution in [2.24, 2.45) is 0 Å². The number of aliphatic carboxylic acids is 1. The van der Waals surface area contributed by atoms with Crippen molar-refractivity contribution in [2.75, 3.05) is 13.2 Å². The van der Waals surface area contributed by atoms with E-state index in [4.69, 9.17) is 9.47 Å². The average molecular weight is 434 g/mol. The molecule has 0 fully saturated rings. The summed E-state index contributed by atoms with van der Waals surface area (Å²) in [4.78, 5) is 11.2. The van der Waals surface area contributed by atoms with Gasteiger partial charge in [-0.3, -0.25) is 0 Å². The number of carboxylic acids is 1. The van der Waals surface area contributed by atoms with Crippen LogP contribution in [0.5, 0.6) is 5.75 Å². The van der Waals surface area contributed by atoms with Crippen molar-refractivity contribution in [1.82, 2.24) is 4.57 Å². The molecule has 2 aromatic carbocycles. The number of hydrogen-bond acceptors (Lipinski definition) is 3. The van der Waals surface area contributed by atoms with Crippen LogP contribution in [0.2, 0.25) is 0 Å². The van der Waals surface area contributed by atoms with Crippen molar-refractivity contribution in [3.8, 4) is 17.0 Å². The van der Waals surface area contributed by atoms with Gasteiger partial charge < -0.3 is 19.1 Å². The standard InChI is InChI=1S/C24H27NO4.Ca/c1-3-28-23(24(26)27)17-19-10-12-21(13-11-19)29-16-15-25-18(2)9-14-22(25)20-7-5-4-6-8-20;/h4-14,23H,3,15-17H2,1-2H3,(H,26,27);/t23-;/m0./s1. The molecule has 154 valence electrons. The second kappa shape index (κ2) is 12.2. The van der Waals surface area contributed by atoms with Crippen LogP contribution in [0, 0.1) is 6.92 Å². The molecule has 5 nitrogen and oxygen atoms in total. The number of aryl methyl sites for hydroxylation is 1. The fraction of sp³-hybridized carbons (Fsp3) is 0.292. The Kier molecular flexibility index (Phi) is 9.92. The Hall–Kier alpha value is -1.79. The summed E-state index contributed by atoms with van der Waals surface area (Å²) in [7, 11) is 0. The molecule has 1 atom stereocenters. The summed E-state index contributed by atoms with van der Waals surface area (Å²) in [6, 6.07) is 22.1. The fourth-order valence-corrected chi connectivity index (χ4v) is 3.34. The third-order valence-electron chi connectivity index (χ3n) is 4.84. The Morgan fingerprint density at radius 3 is 2.37 bits per heavy atom. The van der Waals surface area contributed by atoms with Gasteiger partial charge in [0.1, 0.15) is 12.4 Å².